The number of nitrogens with zero attached hydrogens (tertiary/aromatic N) is 1. The molecule has 0 aromatic heterocycles. The standard InChI is InChI=1S/C22H28N2O2S/c1-17-4-10-21(11-5-17)27-18(2)22(25)24-14-12-23(13-15-24)16-19-6-8-20(26-3)9-7-19/h4-11,18H,12-16H2,1-3H3/p+1/t18-/m0/s1. The number of piperazine rings is 1. The quantitative estimate of drug-likeness (QED) is 0.776. The lowest BCUT2D eigenvalue weighted by Crippen LogP contribution is -3.13. The van der Waals surface area contributed by atoms with E-state index in [0.29, 0.717) is 0 Å². The van der Waals surface area contributed by atoms with Crippen LogP contribution in [0.2, 0.25) is 0 Å². The number of methoxy groups -OCH3 is 1. The van der Waals surface area contributed by atoms with Gasteiger partial charge in [-0.25, -0.2) is 0 Å². The van der Waals surface area contributed by atoms with E-state index in [1.165, 1.54) is 16.0 Å². The summed E-state index contributed by atoms with van der Waals surface area (Å²) < 4.78 is 5.22. The van der Waals surface area contributed by atoms with Crippen molar-refractivity contribution in [3.05, 3.63) is 59.7 Å². The third-order valence-electron chi connectivity index (χ3n) is 5.08. The predicted octanol–water partition coefficient (Wildman–Crippen LogP) is 2.41. The lowest BCUT2D eigenvalue weighted by Gasteiger charge is -2.33. The van der Waals surface area contributed by atoms with Crippen LogP contribution in [0.15, 0.2) is 53.4 Å². The van der Waals surface area contributed by atoms with Crippen LogP contribution >= 0.6 is 11.8 Å². The highest BCUT2D eigenvalue weighted by Crippen LogP contribution is 2.24. The number of hydrogen-bond donors (Lipinski definition) is 1. The number of thioether (sulfide) groups is 1. The van der Waals surface area contributed by atoms with Crippen molar-refractivity contribution in [2.75, 3.05) is 33.3 Å². The average molecular weight is 386 g/mol. The molecule has 5 heteroatoms. The van der Waals surface area contributed by atoms with E-state index in [1.54, 1.807) is 18.9 Å². The van der Waals surface area contributed by atoms with Gasteiger partial charge in [0.15, 0.2) is 0 Å². The summed E-state index contributed by atoms with van der Waals surface area (Å²) in [5.41, 5.74) is 2.56. The summed E-state index contributed by atoms with van der Waals surface area (Å²) in [6, 6.07) is 16.7. The summed E-state index contributed by atoms with van der Waals surface area (Å²) in [5.74, 6) is 1.15. The van der Waals surface area contributed by atoms with Crippen LogP contribution < -0.4 is 9.64 Å². The summed E-state index contributed by atoms with van der Waals surface area (Å²) >= 11 is 1.65. The maximum absolute atomic E-state index is 12.8. The molecule has 144 valence electrons. The van der Waals surface area contributed by atoms with Gasteiger partial charge in [0, 0.05) is 10.5 Å². The van der Waals surface area contributed by atoms with Crippen molar-refractivity contribution < 1.29 is 14.4 Å². The number of amides is 1. The molecule has 1 N–H and O–H groups in total. The maximum atomic E-state index is 12.8. The number of benzene rings is 2. The Balaban J connectivity index is 1.47. The van der Waals surface area contributed by atoms with Crippen LogP contribution in [0.3, 0.4) is 0 Å². The fourth-order valence-corrected chi connectivity index (χ4v) is 4.33. The minimum absolute atomic E-state index is 0.0455. The Kier molecular flexibility index (Phi) is 6.80. The molecule has 0 unspecified atom stereocenters. The number of hydrogen-bond acceptors (Lipinski definition) is 3. The van der Waals surface area contributed by atoms with Crippen LogP contribution in [0.5, 0.6) is 5.75 Å². The van der Waals surface area contributed by atoms with Gasteiger partial charge in [-0.15, -0.1) is 11.8 Å². The van der Waals surface area contributed by atoms with Gasteiger partial charge in [0.05, 0.1) is 38.5 Å². The van der Waals surface area contributed by atoms with Crippen LogP contribution in [0.25, 0.3) is 0 Å². The molecule has 0 radical (unpaired) electrons. The summed E-state index contributed by atoms with van der Waals surface area (Å²) in [6.45, 7) is 8.77. The Bertz CT molecular complexity index is 738. The van der Waals surface area contributed by atoms with E-state index in [2.05, 4.69) is 43.3 Å². The fourth-order valence-electron chi connectivity index (χ4n) is 3.38. The lowest BCUT2D eigenvalue weighted by molar-refractivity contribution is -0.917. The molecule has 1 saturated heterocycles. The first-order valence-electron chi connectivity index (χ1n) is 9.54. The third kappa shape index (κ3) is 5.50. The molecular weight excluding hydrogens is 356 g/mol. The van der Waals surface area contributed by atoms with Gasteiger partial charge >= 0.3 is 0 Å². The minimum atomic E-state index is -0.0455. The number of ether oxygens (including phenoxy) is 1. The van der Waals surface area contributed by atoms with Crippen molar-refractivity contribution in [3.8, 4) is 5.75 Å². The second-order valence-corrected chi connectivity index (χ2v) is 8.59. The topological polar surface area (TPSA) is 34.0 Å². The van der Waals surface area contributed by atoms with E-state index in [-0.39, 0.29) is 11.2 Å². The van der Waals surface area contributed by atoms with Gasteiger partial charge in [0.25, 0.3) is 0 Å². The van der Waals surface area contributed by atoms with Crippen molar-refractivity contribution >= 4 is 17.7 Å². The molecule has 1 aliphatic heterocycles. The molecule has 1 fully saturated rings. The Morgan fingerprint density at radius 2 is 1.74 bits per heavy atom. The largest absolute Gasteiger partial charge is 0.497 e. The van der Waals surface area contributed by atoms with E-state index in [9.17, 15) is 4.79 Å². The number of carbonyl (C=O) groups is 1. The normalized spacial score (nSPS) is 16.2. The molecule has 1 amide bonds. The van der Waals surface area contributed by atoms with Crippen LogP contribution in [0, 0.1) is 6.92 Å². The molecule has 1 heterocycles. The van der Waals surface area contributed by atoms with Crippen molar-refractivity contribution in [1.82, 2.24) is 4.90 Å². The van der Waals surface area contributed by atoms with Gasteiger partial charge in [-0.1, -0.05) is 17.7 Å². The predicted molar refractivity (Wildman–Crippen MR) is 110 cm³/mol. The zero-order chi connectivity index (χ0) is 19.2. The van der Waals surface area contributed by atoms with Crippen LogP contribution in [-0.4, -0.2) is 49.3 Å². The van der Waals surface area contributed by atoms with Crippen LogP contribution in [-0.2, 0) is 11.3 Å². The van der Waals surface area contributed by atoms with Gasteiger partial charge in [0.1, 0.15) is 12.3 Å². The number of nitrogens with one attached hydrogen (secondary N) is 1. The number of aryl methyl sites for hydroxylation is 1. The Labute approximate surface area is 166 Å². The highest BCUT2D eigenvalue weighted by atomic mass is 32.2. The molecule has 3 rings (SSSR count). The first-order valence-corrected chi connectivity index (χ1v) is 10.4. The van der Waals surface area contributed by atoms with Gasteiger partial charge in [0.2, 0.25) is 5.91 Å². The van der Waals surface area contributed by atoms with Crippen molar-refractivity contribution in [2.45, 2.75) is 30.5 Å². The molecule has 0 aliphatic carbocycles. The molecular formula is C22H29N2O2S+. The highest BCUT2D eigenvalue weighted by Gasteiger charge is 2.27. The van der Waals surface area contributed by atoms with Gasteiger partial charge in [-0.2, -0.15) is 0 Å². The first-order chi connectivity index (χ1) is 13.0. The molecule has 4 nitrogen and oxygen atoms in total. The summed E-state index contributed by atoms with van der Waals surface area (Å²) in [5, 5.41) is -0.0455. The molecule has 2 aromatic carbocycles. The Hall–Kier alpha value is -1.98. The number of rotatable bonds is 6. The molecule has 0 bridgehead atoms. The molecule has 1 aliphatic rings. The smallest absolute Gasteiger partial charge is 0.236 e. The van der Waals surface area contributed by atoms with E-state index < -0.39 is 0 Å². The summed E-state index contributed by atoms with van der Waals surface area (Å²) in [6.07, 6.45) is 0. The molecule has 27 heavy (non-hydrogen) atoms. The molecule has 1 atom stereocenters. The van der Waals surface area contributed by atoms with Crippen molar-refractivity contribution in [1.29, 1.82) is 0 Å². The first kappa shape index (κ1) is 19.8. The minimum Gasteiger partial charge on any atom is -0.497 e. The van der Waals surface area contributed by atoms with Gasteiger partial charge in [-0.05, 0) is 50.2 Å². The van der Waals surface area contributed by atoms with Gasteiger partial charge < -0.3 is 14.5 Å². The zero-order valence-electron chi connectivity index (χ0n) is 16.4. The van der Waals surface area contributed by atoms with Crippen LogP contribution in [0.4, 0.5) is 0 Å². The van der Waals surface area contributed by atoms with E-state index >= 15 is 0 Å². The third-order valence-corrected chi connectivity index (χ3v) is 6.18. The van der Waals surface area contributed by atoms with E-state index in [4.69, 9.17) is 4.74 Å². The lowest BCUT2D eigenvalue weighted by atomic mass is 10.2. The average Bonchev–Trinajstić information content (AvgIpc) is 2.70. The Morgan fingerprint density at radius 1 is 1.11 bits per heavy atom. The SMILES string of the molecule is COc1ccc(C[NH+]2CCN(C(=O)[C@H](C)Sc3ccc(C)cc3)CC2)cc1. The molecule has 0 spiro atoms. The fraction of sp³-hybridized carbons (Fsp3) is 0.409. The summed E-state index contributed by atoms with van der Waals surface area (Å²) in [4.78, 5) is 17.5. The zero-order valence-corrected chi connectivity index (χ0v) is 17.2. The Morgan fingerprint density at radius 3 is 2.33 bits per heavy atom. The van der Waals surface area contributed by atoms with Gasteiger partial charge in [-0.3, -0.25) is 4.79 Å². The highest BCUT2D eigenvalue weighted by molar-refractivity contribution is 8.00. The second-order valence-electron chi connectivity index (χ2n) is 7.17. The molecule has 0 saturated carbocycles. The van der Waals surface area contributed by atoms with Crippen LogP contribution in [0.1, 0.15) is 18.1 Å². The second kappa shape index (κ2) is 9.29. The van der Waals surface area contributed by atoms with E-state index in [0.717, 1.165) is 43.4 Å². The number of quaternary nitrogens is 1. The number of carbonyl (C=O) groups excluding carboxylic acids is 1. The maximum Gasteiger partial charge on any atom is 0.236 e. The summed E-state index contributed by atoms with van der Waals surface area (Å²) in [7, 11) is 1.69. The monoisotopic (exact) mass is 385 g/mol. The van der Waals surface area contributed by atoms with E-state index in [1.807, 2.05) is 24.0 Å². The van der Waals surface area contributed by atoms with Crippen molar-refractivity contribution in [2.24, 2.45) is 0 Å². The van der Waals surface area contributed by atoms with Crippen molar-refractivity contribution in [3.63, 3.8) is 0 Å². The molecule has 2 aromatic rings.